The van der Waals surface area contributed by atoms with Gasteiger partial charge in [-0.15, -0.1) is 0 Å². The monoisotopic (exact) mass is 224 g/mol. The Morgan fingerprint density at radius 2 is 1.93 bits per heavy atom. The second-order valence-corrected chi connectivity index (χ2v) is 5.17. The first-order valence-corrected chi connectivity index (χ1v) is 4.97. The van der Waals surface area contributed by atoms with Crippen LogP contribution in [0.25, 0.3) is 0 Å². The van der Waals surface area contributed by atoms with Gasteiger partial charge in [0.1, 0.15) is 4.75 Å². The molecule has 0 aliphatic heterocycles. The minimum atomic E-state index is -4.35. The topological polar surface area (TPSA) is 132 Å². The predicted molar refractivity (Wildman–Crippen MR) is 53.8 cm³/mol. The molecule has 0 aliphatic carbocycles. The van der Waals surface area contributed by atoms with E-state index in [1.807, 2.05) is 0 Å². The van der Waals surface area contributed by atoms with E-state index < -0.39 is 26.7 Å². The summed E-state index contributed by atoms with van der Waals surface area (Å²) in [5.41, 5.74) is 5.33. The summed E-state index contributed by atoms with van der Waals surface area (Å²) in [7, 11) is -4.35. The van der Waals surface area contributed by atoms with Crippen molar-refractivity contribution in [1.29, 1.82) is 0 Å². The highest BCUT2D eigenvalue weighted by atomic mass is 32.2. The van der Waals surface area contributed by atoms with Crippen molar-refractivity contribution in [2.75, 3.05) is 0 Å². The van der Waals surface area contributed by atoms with Crippen molar-refractivity contribution in [3.05, 3.63) is 12.7 Å². The van der Waals surface area contributed by atoms with Crippen LogP contribution in [-0.2, 0) is 14.9 Å². The van der Waals surface area contributed by atoms with Crippen molar-refractivity contribution in [2.45, 2.75) is 24.6 Å². The van der Waals surface area contributed by atoms with Gasteiger partial charge in [0.15, 0.2) is 5.78 Å². The molecule has 0 rings (SSSR count). The number of carbonyl (C=O) groups is 1. The summed E-state index contributed by atoms with van der Waals surface area (Å²) in [5.74, 6) is -0.623. The molecule has 1 atom stereocenters. The van der Waals surface area contributed by atoms with E-state index in [0.29, 0.717) is 0 Å². The second kappa shape index (κ2) is 4.65. The fraction of sp³-hybridized carbons (Fsp3) is 0.571. The lowest BCUT2D eigenvalue weighted by molar-refractivity contribution is -0.116. The van der Waals surface area contributed by atoms with E-state index in [2.05, 4.69) is 6.58 Å². The summed E-state index contributed by atoms with van der Waals surface area (Å²) in [6, 6.07) is -1.31. The average molecular weight is 224 g/mol. The molecule has 0 aliphatic rings. The maximum Gasteiger partial charge on any atom is 0.272 e. The summed E-state index contributed by atoms with van der Waals surface area (Å²) in [6.07, 6.45) is 0.928. The zero-order valence-electron chi connectivity index (χ0n) is 8.23. The summed E-state index contributed by atoms with van der Waals surface area (Å²) >= 11 is 0. The molecular formula is C7H16N2O4S. The minimum Gasteiger partial charge on any atom is -0.344 e. The standard InChI is InChI=1S/C7H13NO4S.H3N/c1-4-5(9)6(8)7(2,3)13(10,11)12;/h4,6H,1,8H2,2-3H3,(H,10,11,12);1H3. The Bertz CT molecular complexity index is 321. The van der Waals surface area contributed by atoms with Crippen LogP contribution in [0.5, 0.6) is 0 Å². The second-order valence-electron chi connectivity index (χ2n) is 3.16. The SMILES string of the molecule is C=CC(=O)C(N)C(C)(C)S(=O)(=O)O.N. The maximum atomic E-state index is 11.0. The molecule has 6 N–H and O–H groups in total. The zero-order chi connectivity index (χ0) is 10.9. The summed E-state index contributed by atoms with van der Waals surface area (Å²) in [4.78, 5) is 11.0. The molecule has 0 radical (unpaired) electrons. The lowest BCUT2D eigenvalue weighted by atomic mass is 10.00. The van der Waals surface area contributed by atoms with Crippen molar-refractivity contribution >= 4 is 15.9 Å². The van der Waals surface area contributed by atoms with Gasteiger partial charge in [0, 0.05) is 0 Å². The number of nitrogens with two attached hydrogens (primary N) is 1. The van der Waals surface area contributed by atoms with Crippen molar-refractivity contribution in [3.63, 3.8) is 0 Å². The lowest BCUT2D eigenvalue weighted by Gasteiger charge is -2.25. The summed E-state index contributed by atoms with van der Waals surface area (Å²) < 4.78 is 28.7. The van der Waals surface area contributed by atoms with Crippen LogP contribution in [0.15, 0.2) is 12.7 Å². The highest BCUT2D eigenvalue weighted by Crippen LogP contribution is 2.19. The lowest BCUT2D eigenvalue weighted by Crippen LogP contribution is -2.52. The van der Waals surface area contributed by atoms with Crippen LogP contribution in [-0.4, -0.2) is 29.5 Å². The van der Waals surface area contributed by atoms with Gasteiger partial charge in [-0.1, -0.05) is 6.58 Å². The number of ketones is 1. The van der Waals surface area contributed by atoms with Gasteiger partial charge in [-0.25, -0.2) is 0 Å². The highest BCUT2D eigenvalue weighted by Gasteiger charge is 2.41. The normalized spacial score (nSPS) is 14.0. The summed E-state index contributed by atoms with van der Waals surface area (Å²) in [6.45, 7) is 5.52. The smallest absolute Gasteiger partial charge is 0.272 e. The molecule has 0 aromatic rings. The molecule has 0 spiro atoms. The van der Waals surface area contributed by atoms with E-state index in [1.165, 1.54) is 13.8 Å². The van der Waals surface area contributed by atoms with E-state index in [0.717, 1.165) is 6.08 Å². The van der Waals surface area contributed by atoms with Gasteiger partial charge >= 0.3 is 0 Å². The van der Waals surface area contributed by atoms with Crippen molar-refractivity contribution in [3.8, 4) is 0 Å². The third-order valence-corrected chi connectivity index (χ3v) is 3.51. The number of carbonyl (C=O) groups excluding carboxylic acids is 1. The Morgan fingerprint density at radius 1 is 1.57 bits per heavy atom. The molecule has 0 aromatic heterocycles. The van der Waals surface area contributed by atoms with E-state index in [-0.39, 0.29) is 6.15 Å². The van der Waals surface area contributed by atoms with Crippen LogP contribution in [0.4, 0.5) is 0 Å². The quantitative estimate of drug-likeness (QED) is 0.451. The largest absolute Gasteiger partial charge is 0.344 e. The molecular weight excluding hydrogens is 208 g/mol. The van der Waals surface area contributed by atoms with Crippen LogP contribution in [0.1, 0.15) is 13.8 Å². The number of rotatable bonds is 4. The molecule has 6 nitrogen and oxygen atoms in total. The Labute approximate surface area is 83.5 Å². The zero-order valence-corrected chi connectivity index (χ0v) is 9.04. The fourth-order valence-corrected chi connectivity index (χ4v) is 1.07. The van der Waals surface area contributed by atoms with Gasteiger partial charge in [0.2, 0.25) is 0 Å². The molecule has 0 bridgehead atoms. The Morgan fingerprint density at radius 3 is 2.14 bits per heavy atom. The molecule has 0 amide bonds. The van der Waals surface area contributed by atoms with E-state index in [9.17, 15) is 13.2 Å². The minimum absolute atomic E-state index is 0. The van der Waals surface area contributed by atoms with Crippen LogP contribution in [0, 0.1) is 0 Å². The third-order valence-electron chi connectivity index (χ3n) is 1.92. The third kappa shape index (κ3) is 2.88. The first kappa shape index (κ1) is 15.7. The van der Waals surface area contributed by atoms with Crippen LogP contribution >= 0.6 is 0 Å². The first-order valence-electron chi connectivity index (χ1n) is 3.53. The van der Waals surface area contributed by atoms with Gasteiger partial charge in [0.25, 0.3) is 10.1 Å². The van der Waals surface area contributed by atoms with E-state index in [1.54, 1.807) is 0 Å². The molecule has 0 saturated carbocycles. The average Bonchev–Trinajstić information content (AvgIpc) is 1.99. The number of hydrogen-bond donors (Lipinski definition) is 3. The summed E-state index contributed by atoms with van der Waals surface area (Å²) in [5, 5.41) is 0. The van der Waals surface area contributed by atoms with Crippen LogP contribution in [0.2, 0.25) is 0 Å². The molecule has 1 unspecified atom stereocenters. The van der Waals surface area contributed by atoms with Crippen molar-refractivity contribution in [2.24, 2.45) is 5.73 Å². The van der Waals surface area contributed by atoms with E-state index >= 15 is 0 Å². The molecule has 0 aromatic carbocycles. The van der Waals surface area contributed by atoms with Gasteiger partial charge in [0.05, 0.1) is 6.04 Å². The predicted octanol–water partition coefficient (Wildman–Crippen LogP) is -0.103. The Hall–Kier alpha value is -0.760. The van der Waals surface area contributed by atoms with E-state index in [4.69, 9.17) is 10.3 Å². The van der Waals surface area contributed by atoms with Crippen molar-refractivity contribution < 1.29 is 17.8 Å². The van der Waals surface area contributed by atoms with Gasteiger partial charge in [-0.2, -0.15) is 8.42 Å². The number of hydrogen-bond acceptors (Lipinski definition) is 5. The van der Waals surface area contributed by atoms with Crippen LogP contribution < -0.4 is 11.9 Å². The highest BCUT2D eigenvalue weighted by molar-refractivity contribution is 7.87. The Balaban J connectivity index is 0. The van der Waals surface area contributed by atoms with Gasteiger partial charge in [-0.05, 0) is 19.9 Å². The molecule has 14 heavy (non-hydrogen) atoms. The van der Waals surface area contributed by atoms with Gasteiger partial charge < -0.3 is 11.9 Å². The van der Waals surface area contributed by atoms with Crippen molar-refractivity contribution in [1.82, 2.24) is 6.15 Å². The van der Waals surface area contributed by atoms with Crippen LogP contribution in [0.3, 0.4) is 0 Å². The molecule has 0 fully saturated rings. The fourth-order valence-electron chi connectivity index (χ4n) is 0.630. The Kier molecular flexibility index (Phi) is 5.21. The maximum absolute atomic E-state index is 11.0. The first-order chi connectivity index (χ1) is 5.64. The molecule has 0 saturated heterocycles. The molecule has 0 heterocycles. The van der Waals surface area contributed by atoms with Gasteiger partial charge in [-0.3, -0.25) is 9.35 Å². The molecule has 7 heteroatoms. The molecule has 84 valence electrons.